The lowest BCUT2D eigenvalue weighted by atomic mass is 10.2. The number of aryl methyl sites for hydroxylation is 1. The average molecular weight is 308 g/mol. The molecule has 0 saturated carbocycles. The summed E-state index contributed by atoms with van der Waals surface area (Å²) in [7, 11) is -3.62. The van der Waals surface area contributed by atoms with Crippen molar-refractivity contribution < 1.29 is 8.42 Å². The van der Waals surface area contributed by atoms with E-state index < -0.39 is 10.0 Å². The van der Waals surface area contributed by atoms with Crippen LogP contribution in [0.15, 0.2) is 41.7 Å². The predicted molar refractivity (Wildman–Crippen MR) is 80.9 cm³/mol. The van der Waals surface area contributed by atoms with E-state index in [4.69, 9.17) is 5.14 Å². The molecule has 0 fully saturated rings. The van der Waals surface area contributed by atoms with Crippen molar-refractivity contribution in [2.45, 2.75) is 37.9 Å². The molecule has 114 valence electrons. The lowest BCUT2D eigenvalue weighted by Gasteiger charge is -2.08. The Morgan fingerprint density at radius 1 is 1.24 bits per heavy atom. The van der Waals surface area contributed by atoms with Gasteiger partial charge in [0.1, 0.15) is 0 Å². The van der Waals surface area contributed by atoms with Crippen LogP contribution in [0.1, 0.15) is 24.6 Å². The van der Waals surface area contributed by atoms with Crippen molar-refractivity contribution in [2.24, 2.45) is 5.14 Å². The van der Waals surface area contributed by atoms with E-state index in [1.807, 2.05) is 12.5 Å². The Bertz CT molecular complexity index is 677. The minimum Gasteiger partial charge on any atom is -0.333 e. The van der Waals surface area contributed by atoms with Crippen molar-refractivity contribution in [3.8, 4) is 0 Å². The van der Waals surface area contributed by atoms with Gasteiger partial charge in [-0.05, 0) is 24.1 Å². The van der Waals surface area contributed by atoms with E-state index in [0.29, 0.717) is 6.54 Å². The summed E-state index contributed by atoms with van der Waals surface area (Å²) in [4.78, 5) is 4.28. The minimum atomic E-state index is -3.62. The third-order valence-electron chi connectivity index (χ3n) is 3.15. The fraction of sp³-hybridized carbons (Fsp3) is 0.357. The second-order valence-electron chi connectivity index (χ2n) is 4.87. The number of nitrogens with two attached hydrogens (primary N) is 1. The molecule has 7 heteroatoms. The molecule has 21 heavy (non-hydrogen) atoms. The second kappa shape index (κ2) is 6.84. The van der Waals surface area contributed by atoms with Gasteiger partial charge in [-0.3, -0.25) is 0 Å². The van der Waals surface area contributed by atoms with Crippen molar-refractivity contribution >= 4 is 10.0 Å². The van der Waals surface area contributed by atoms with Gasteiger partial charge in [0, 0.05) is 25.8 Å². The molecule has 3 N–H and O–H groups in total. The number of nitrogens with zero attached hydrogens (tertiary/aromatic N) is 2. The molecule has 0 radical (unpaired) electrons. The number of imidazole rings is 1. The minimum absolute atomic E-state index is 0.132. The molecule has 2 rings (SSSR count). The molecule has 0 aliphatic carbocycles. The van der Waals surface area contributed by atoms with Gasteiger partial charge in [0.15, 0.2) is 0 Å². The van der Waals surface area contributed by atoms with Gasteiger partial charge in [0.05, 0.1) is 16.9 Å². The van der Waals surface area contributed by atoms with Gasteiger partial charge in [0.25, 0.3) is 0 Å². The summed E-state index contributed by atoms with van der Waals surface area (Å²) < 4.78 is 24.5. The number of benzene rings is 1. The summed E-state index contributed by atoms with van der Waals surface area (Å²) in [6.07, 6.45) is 4.76. The van der Waals surface area contributed by atoms with Gasteiger partial charge < -0.3 is 9.88 Å². The number of primary sulfonamides is 1. The summed E-state index contributed by atoms with van der Waals surface area (Å²) in [5, 5.41) is 8.38. The number of hydrogen-bond donors (Lipinski definition) is 2. The van der Waals surface area contributed by atoms with Crippen molar-refractivity contribution in [1.82, 2.24) is 14.9 Å². The first-order valence-electron chi connectivity index (χ1n) is 6.82. The second-order valence-corrected chi connectivity index (χ2v) is 6.43. The Hall–Kier alpha value is -1.70. The van der Waals surface area contributed by atoms with Crippen LogP contribution in [0.4, 0.5) is 0 Å². The van der Waals surface area contributed by atoms with Crippen molar-refractivity contribution in [2.75, 3.05) is 0 Å². The average Bonchev–Trinajstić information content (AvgIpc) is 2.86. The molecular formula is C14H20N4O2S. The first kappa shape index (κ1) is 15.7. The van der Waals surface area contributed by atoms with Gasteiger partial charge in [-0.15, -0.1) is 0 Å². The van der Waals surface area contributed by atoms with E-state index in [1.165, 1.54) is 12.1 Å². The third-order valence-corrected chi connectivity index (χ3v) is 4.08. The van der Waals surface area contributed by atoms with Crippen LogP contribution in [0.25, 0.3) is 0 Å². The van der Waals surface area contributed by atoms with Crippen LogP contribution in [0.5, 0.6) is 0 Å². The zero-order valence-corrected chi connectivity index (χ0v) is 12.8. The van der Waals surface area contributed by atoms with E-state index in [1.54, 1.807) is 12.1 Å². The third kappa shape index (κ3) is 4.38. The zero-order valence-electron chi connectivity index (χ0n) is 12.0. The molecule has 1 aromatic carbocycles. The molecule has 0 amide bonds. The molecule has 2 aromatic rings. The maximum atomic E-state index is 11.2. The lowest BCUT2D eigenvalue weighted by molar-refractivity contribution is 0.597. The summed E-state index contributed by atoms with van der Waals surface area (Å²) in [6.45, 7) is 4.46. The van der Waals surface area contributed by atoms with E-state index >= 15 is 0 Å². The Balaban J connectivity index is 1.90. The van der Waals surface area contributed by atoms with Crippen LogP contribution in [0.2, 0.25) is 0 Å². The maximum Gasteiger partial charge on any atom is 0.238 e. The van der Waals surface area contributed by atoms with E-state index in [0.717, 1.165) is 30.8 Å². The molecule has 0 saturated heterocycles. The predicted octanol–water partition coefficient (Wildman–Crippen LogP) is 1.23. The molecule has 0 spiro atoms. The molecule has 0 unspecified atom stereocenters. The highest BCUT2D eigenvalue weighted by molar-refractivity contribution is 7.89. The first-order valence-corrected chi connectivity index (χ1v) is 8.37. The summed E-state index contributed by atoms with van der Waals surface area (Å²) in [5.41, 5.74) is 2.14. The normalized spacial score (nSPS) is 11.7. The highest BCUT2D eigenvalue weighted by atomic mass is 32.2. The molecule has 0 bridgehead atoms. The maximum absolute atomic E-state index is 11.2. The molecule has 1 heterocycles. The van der Waals surface area contributed by atoms with Gasteiger partial charge in [0.2, 0.25) is 10.0 Å². The van der Waals surface area contributed by atoms with Gasteiger partial charge in [-0.2, -0.15) is 0 Å². The molecule has 6 nitrogen and oxygen atoms in total. The lowest BCUT2D eigenvalue weighted by Crippen LogP contribution is -2.16. The Morgan fingerprint density at radius 3 is 2.57 bits per heavy atom. The van der Waals surface area contributed by atoms with Crippen LogP contribution in [0.3, 0.4) is 0 Å². The smallest absolute Gasteiger partial charge is 0.238 e. The van der Waals surface area contributed by atoms with Gasteiger partial charge >= 0.3 is 0 Å². The molecular weight excluding hydrogens is 288 g/mol. The topological polar surface area (TPSA) is 90.0 Å². The summed E-state index contributed by atoms with van der Waals surface area (Å²) in [6, 6.07) is 6.56. The molecule has 0 atom stereocenters. The fourth-order valence-electron chi connectivity index (χ4n) is 2.07. The first-order chi connectivity index (χ1) is 10.0. The molecule has 0 aliphatic rings. The van der Waals surface area contributed by atoms with Crippen LogP contribution in [-0.2, 0) is 29.7 Å². The number of sulfonamides is 1. The monoisotopic (exact) mass is 308 g/mol. The van der Waals surface area contributed by atoms with Crippen molar-refractivity contribution in [1.29, 1.82) is 0 Å². The summed E-state index contributed by atoms with van der Waals surface area (Å²) >= 11 is 0. The molecule has 0 aliphatic heterocycles. The highest BCUT2D eigenvalue weighted by Crippen LogP contribution is 2.09. The van der Waals surface area contributed by atoms with Crippen molar-refractivity contribution in [3.63, 3.8) is 0 Å². The molecule has 1 aromatic heterocycles. The van der Waals surface area contributed by atoms with Crippen LogP contribution in [0, 0.1) is 0 Å². The zero-order chi connectivity index (χ0) is 15.3. The summed E-state index contributed by atoms with van der Waals surface area (Å²) in [5.74, 6) is 0. The van der Waals surface area contributed by atoms with Crippen molar-refractivity contribution in [3.05, 3.63) is 48.0 Å². The van der Waals surface area contributed by atoms with Crippen LogP contribution in [-0.4, -0.2) is 18.0 Å². The number of aromatic nitrogens is 2. The van der Waals surface area contributed by atoms with Crippen LogP contribution < -0.4 is 10.5 Å². The number of nitrogens with one attached hydrogen (secondary N) is 1. The standard InChI is InChI=1S/C14H20N4O2S/c1-2-7-18-11-17-10-13(18)9-16-8-12-3-5-14(6-4-12)21(15,19)20/h3-6,10-11,16H,2,7-9H2,1H3,(H2,15,19,20). The SMILES string of the molecule is CCCn1cncc1CNCc1ccc(S(N)(=O)=O)cc1. The van der Waals surface area contributed by atoms with Crippen LogP contribution >= 0.6 is 0 Å². The number of rotatable bonds is 7. The van der Waals surface area contributed by atoms with E-state index in [-0.39, 0.29) is 4.90 Å². The van der Waals surface area contributed by atoms with E-state index in [2.05, 4.69) is 21.8 Å². The van der Waals surface area contributed by atoms with Gasteiger partial charge in [-0.25, -0.2) is 18.5 Å². The largest absolute Gasteiger partial charge is 0.333 e. The fourth-order valence-corrected chi connectivity index (χ4v) is 2.58. The Labute approximate surface area is 125 Å². The van der Waals surface area contributed by atoms with E-state index in [9.17, 15) is 8.42 Å². The van der Waals surface area contributed by atoms with Gasteiger partial charge in [-0.1, -0.05) is 19.1 Å². The Morgan fingerprint density at radius 2 is 1.95 bits per heavy atom. The highest BCUT2D eigenvalue weighted by Gasteiger charge is 2.06. The number of hydrogen-bond acceptors (Lipinski definition) is 4. The quantitative estimate of drug-likeness (QED) is 0.805. The Kier molecular flexibility index (Phi) is 5.11.